The van der Waals surface area contributed by atoms with E-state index >= 15 is 0 Å². The third-order valence-electron chi connectivity index (χ3n) is 9.88. The average molecular weight is 765 g/mol. The summed E-state index contributed by atoms with van der Waals surface area (Å²) in [7, 11) is 1.54. The molecule has 15 heteroatoms. The normalized spacial score (nSPS) is 30.0. The van der Waals surface area contributed by atoms with Gasteiger partial charge >= 0.3 is 0 Å². The maximum atomic E-state index is 9.66. The molecule has 0 bridgehead atoms. The molecule has 4 aromatic rings. The monoisotopic (exact) mass is 764 g/mol. The lowest BCUT2D eigenvalue weighted by molar-refractivity contribution is -0.344. The predicted octanol–water partition coefficient (Wildman–Crippen LogP) is 7.33. The van der Waals surface area contributed by atoms with Crippen LogP contribution in [0.15, 0.2) is 132 Å². The molecule has 15 nitrogen and oxygen atoms in total. The molecule has 0 radical (unpaired) electrons. The van der Waals surface area contributed by atoms with Crippen LogP contribution in [0.2, 0.25) is 0 Å². The molecule has 292 valence electrons. The fraction of sp³-hybridized carbons (Fsp3) is 0.415. The number of fused-ring (bicyclic) bond motifs is 1. The first-order valence-corrected chi connectivity index (χ1v) is 18.5. The Hall–Kier alpha value is -4.86. The largest absolute Gasteiger partial charge is 0.368 e. The van der Waals surface area contributed by atoms with E-state index in [1.54, 1.807) is 7.11 Å². The molecule has 3 aliphatic rings. The van der Waals surface area contributed by atoms with Gasteiger partial charge in [0.2, 0.25) is 0 Å². The van der Waals surface area contributed by atoms with Gasteiger partial charge in [-0.1, -0.05) is 132 Å². The molecule has 0 unspecified atom stereocenters. The fourth-order valence-corrected chi connectivity index (χ4v) is 7.13. The van der Waals surface area contributed by atoms with E-state index in [4.69, 9.17) is 42.6 Å². The summed E-state index contributed by atoms with van der Waals surface area (Å²) in [6, 6.07) is 36.7. The summed E-state index contributed by atoms with van der Waals surface area (Å²) < 4.78 is 57.5. The van der Waals surface area contributed by atoms with Crippen molar-refractivity contribution in [3.05, 3.63) is 164 Å². The van der Waals surface area contributed by atoms with E-state index in [0.717, 1.165) is 22.3 Å². The molecule has 11 atom stereocenters. The van der Waals surface area contributed by atoms with Gasteiger partial charge in [-0.2, -0.15) is 0 Å². The molecule has 56 heavy (non-hydrogen) atoms. The van der Waals surface area contributed by atoms with Crippen LogP contribution in [-0.2, 0) is 62.5 Å². The molecule has 7 rings (SSSR count). The number of hydrogen-bond acceptors (Lipinski definition) is 11. The van der Waals surface area contributed by atoms with Gasteiger partial charge in [-0.25, -0.2) is 0 Å². The minimum Gasteiger partial charge on any atom is -0.368 e. The number of ether oxygens (including phenoxy) is 9. The van der Waals surface area contributed by atoms with E-state index in [1.807, 2.05) is 121 Å². The lowest BCUT2D eigenvalue weighted by Gasteiger charge is -2.48. The van der Waals surface area contributed by atoms with Gasteiger partial charge in [0.25, 0.3) is 0 Å². The highest BCUT2D eigenvalue weighted by atomic mass is 16.8. The van der Waals surface area contributed by atoms with E-state index in [9.17, 15) is 11.1 Å². The summed E-state index contributed by atoms with van der Waals surface area (Å²) in [5.74, 6) is 0. The zero-order valence-electron chi connectivity index (χ0n) is 30.8. The third kappa shape index (κ3) is 9.74. The Bertz CT molecular complexity index is 1890. The van der Waals surface area contributed by atoms with Crippen molar-refractivity contribution in [2.24, 2.45) is 10.2 Å². The molecule has 3 saturated heterocycles. The Morgan fingerprint density at radius 1 is 0.589 bits per heavy atom. The van der Waals surface area contributed by atoms with Crippen molar-refractivity contribution in [3.63, 3.8) is 0 Å². The quantitative estimate of drug-likeness (QED) is 0.0641. The maximum absolute atomic E-state index is 9.66. The van der Waals surface area contributed by atoms with E-state index in [-0.39, 0.29) is 33.0 Å². The van der Waals surface area contributed by atoms with Crippen LogP contribution in [0.4, 0.5) is 0 Å². The highest BCUT2D eigenvalue weighted by molar-refractivity contribution is 5.18. The standard InChI is InChI=1S/C41H44N6O9/c1-48-41-38(51-24-29-18-10-4-11-19-29)37(50-23-28-16-8-3-9-17-28)36(49-22-27-14-6-2-7-15-27)32(55-41)26-53-40-34(45-47-43)33(44-46-42)35-31(54-40)25-52-39(56-35)30-20-12-5-13-21-30/h2-21,31-41H,22-26H2,1H3/t31-,32-,33-,34+,35-,36-,37+,38-,39-,40+,41+/m1/s1. The smallest absolute Gasteiger partial charge is 0.186 e. The predicted molar refractivity (Wildman–Crippen MR) is 201 cm³/mol. The van der Waals surface area contributed by atoms with Crippen molar-refractivity contribution in [2.75, 3.05) is 20.3 Å². The van der Waals surface area contributed by atoms with Crippen LogP contribution >= 0.6 is 0 Å². The molecule has 0 amide bonds. The van der Waals surface area contributed by atoms with Crippen molar-refractivity contribution >= 4 is 0 Å². The zero-order chi connectivity index (χ0) is 38.5. The van der Waals surface area contributed by atoms with Crippen LogP contribution in [-0.4, -0.2) is 81.6 Å². The Morgan fingerprint density at radius 2 is 1.11 bits per heavy atom. The molecular weight excluding hydrogens is 720 g/mol. The SMILES string of the molecule is CO[C@H]1O[C@H](CO[C@H]2O[C@@H]3CO[C@@H](c4ccccc4)O[C@H]3[C@H](N=[N+]=[N-])[C@@H]2N=[N+]=[N-])[C@@H](OCc2ccccc2)[C@H](OCc2ccccc2)[C@H]1OCc1ccccc1. The number of nitrogens with zero attached hydrogens (tertiary/aromatic N) is 6. The number of methoxy groups -OCH3 is 1. The van der Waals surface area contributed by atoms with Crippen LogP contribution in [0, 0.1) is 0 Å². The maximum Gasteiger partial charge on any atom is 0.186 e. The first-order valence-electron chi connectivity index (χ1n) is 18.5. The Balaban J connectivity index is 1.15. The van der Waals surface area contributed by atoms with Crippen LogP contribution in [0.3, 0.4) is 0 Å². The van der Waals surface area contributed by atoms with Crippen molar-refractivity contribution in [1.29, 1.82) is 0 Å². The summed E-state index contributed by atoms with van der Waals surface area (Å²) in [5.41, 5.74) is 22.9. The molecule has 0 aliphatic carbocycles. The fourth-order valence-electron chi connectivity index (χ4n) is 7.13. The van der Waals surface area contributed by atoms with Crippen molar-refractivity contribution < 1.29 is 42.6 Å². The molecule has 0 saturated carbocycles. The molecule has 4 aromatic carbocycles. The van der Waals surface area contributed by atoms with E-state index in [2.05, 4.69) is 20.1 Å². The van der Waals surface area contributed by atoms with Gasteiger partial charge in [0.05, 0.1) is 51.2 Å². The third-order valence-corrected chi connectivity index (χ3v) is 9.88. The number of hydrogen-bond donors (Lipinski definition) is 0. The average Bonchev–Trinajstić information content (AvgIpc) is 3.25. The molecular formula is C41H44N6O9. The summed E-state index contributed by atoms with van der Waals surface area (Å²) >= 11 is 0. The summed E-state index contributed by atoms with van der Waals surface area (Å²) in [6.07, 6.45) is -7.26. The second-order valence-electron chi connectivity index (χ2n) is 13.5. The molecule has 3 heterocycles. The zero-order valence-corrected chi connectivity index (χ0v) is 30.8. The van der Waals surface area contributed by atoms with Crippen molar-refractivity contribution in [2.45, 2.75) is 87.4 Å². The molecule has 0 N–H and O–H groups in total. The van der Waals surface area contributed by atoms with Gasteiger partial charge in [0, 0.05) is 22.5 Å². The highest BCUT2D eigenvalue weighted by Gasteiger charge is 2.52. The van der Waals surface area contributed by atoms with Gasteiger partial charge in [-0.15, -0.1) is 0 Å². The molecule has 3 aliphatic heterocycles. The highest BCUT2D eigenvalue weighted by Crippen LogP contribution is 2.38. The number of rotatable bonds is 16. The van der Waals surface area contributed by atoms with Crippen LogP contribution in [0.25, 0.3) is 20.9 Å². The second kappa shape index (κ2) is 19.8. The van der Waals surface area contributed by atoms with Gasteiger partial charge in [0.15, 0.2) is 18.9 Å². The van der Waals surface area contributed by atoms with Gasteiger partial charge < -0.3 is 42.6 Å². The Kier molecular flexibility index (Phi) is 13.9. The molecule has 3 fully saturated rings. The van der Waals surface area contributed by atoms with Crippen LogP contribution in [0.1, 0.15) is 28.5 Å². The van der Waals surface area contributed by atoms with E-state index in [1.165, 1.54) is 0 Å². The van der Waals surface area contributed by atoms with Gasteiger partial charge in [-0.05, 0) is 27.8 Å². The lowest BCUT2D eigenvalue weighted by Crippen LogP contribution is -2.63. The summed E-state index contributed by atoms with van der Waals surface area (Å²) in [6.45, 7) is 0.759. The second-order valence-corrected chi connectivity index (χ2v) is 13.5. The van der Waals surface area contributed by atoms with Gasteiger partial charge in [0.1, 0.15) is 30.5 Å². The van der Waals surface area contributed by atoms with Crippen molar-refractivity contribution in [1.82, 2.24) is 0 Å². The molecule has 0 spiro atoms. The van der Waals surface area contributed by atoms with E-state index in [0.29, 0.717) is 0 Å². The minimum atomic E-state index is -1.17. The lowest BCUT2D eigenvalue weighted by atomic mass is 9.94. The number of azide groups is 2. The van der Waals surface area contributed by atoms with Gasteiger partial charge in [-0.3, -0.25) is 0 Å². The Morgan fingerprint density at radius 3 is 1.66 bits per heavy atom. The Labute approximate surface area is 324 Å². The summed E-state index contributed by atoms with van der Waals surface area (Å²) in [5, 5.41) is 8.02. The van der Waals surface area contributed by atoms with E-state index < -0.39 is 67.6 Å². The first-order chi connectivity index (χ1) is 27.6. The van der Waals surface area contributed by atoms with Crippen LogP contribution in [0.5, 0.6) is 0 Å². The molecule has 0 aromatic heterocycles. The first kappa shape index (κ1) is 39.4. The number of benzene rings is 4. The summed E-state index contributed by atoms with van der Waals surface area (Å²) in [4.78, 5) is 6.13. The van der Waals surface area contributed by atoms with Crippen LogP contribution < -0.4 is 0 Å². The topological polar surface area (TPSA) is 181 Å². The minimum absolute atomic E-state index is 0.106. The van der Waals surface area contributed by atoms with Crippen molar-refractivity contribution in [3.8, 4) is 0 Å².